The molecule has 0 aliphatic carbocycles. The van der Waals surface area contributed by atoms with Crippen LogP contribution in [0.1, 0.15) is 19.7 Å². The van der Waals surface area contributed by atoms with Crippen molar-refractivity contribution in [2.75, 3.05) is 0 Å². The van der Waals surface area contributed by atoms with E-state index in [2.05, 4.69) is 15.2 Å². The van der Waals surface area contributed by atoms with Crippen molar-refractivity contribution in [1.29, 1.82) is 0 Å². The number of aryl methyl sites for hydroxylation is 1. The lowest BCUT2D eigenvalue weighted by Gasteiger charge is -1.77. The molecule has 12 heavy (non-hydrogen) atoms. The normalized spacial score (nSPS) is 9.25. The summed E-state index contributed by atoms with van der Waals surface area (Å²) < 4.78 is 5.08. The molecule has 0 aliphatic rings. The summed E-state index contributed by atoms with van der Waals surface area (Å²) in [6.07, 6.45) is 1.59. The summed E-state index contributed by atoms with van der Waals surface area (Å²) in [5.74, 6) is 0.621. The van der Waals surface area contributed by atoms with Gasteiger partial charge in [-0.2, -0.15) is 5.10 Å². The third kappa shape index (κ3) is 1.58. The average molecular weight is 165 g/mol. The molecule has 0 amide bonds. The number of aromatic nitrogens is 3. The van der Waals surface area contributed by atoms with Crippen LogP contribution < -0.4 is 0 Å². The van der Waals surface area contributed by atoms with E-state index in [9.17, 15) is 0 Å². The summed E-state index contributed by atoms with van der Waals surface area (Å²) >= 11 is 0. The molecule has 64 valence electrons. The molecule has 0 atom stereocenters. The summed E-state index contributed by atoms with van der Waals surface area (Å²) in [5.41, 5.74) is 1.26. The van der Waals surface area contributed by atoms with Crippen molar-refractivity contribution < 1.29 is 4.42 Å². The molecule has 2 rings (SSSR count). The Labute approximate surface area is 70.6 Å². The molecule has 0 aromatic carbocycles. The van der Waals surface area contributed by atoms with E-state index in [-0.39, 0.29) is 0 Å². The van der Waals surface area contributed by atoms with E-state index in [1.54, 1.807) is 19.2 Å². The first-order chi connectivity index (χ1) is 5.86. The van der Waals surface area contributed by atoms with Crippen LogP contribution in [-0.2, 0) is 0 Å². The fraction of sp³-hybridized carbons (Fsp3) is 0.375. The Kier molecular flexibility index (Phi) is 2.74. The second-order valence-corrected chi connectivity index (χ2v) is 1.95. The van der Waals surface area contributed by atoms with Crippen LogP contribution in [0.15, 0.2) is 16.7 Å². The van der Waals surface area contributed by atoms with Crippen LogP contribution in [0.3, 0.4) is 0 Å². The number of nitrogens with zero attached hydrogens (tertiary/aromatic N) is 3. The number of fused-ring (bicyclic) bond motifs is 1. The Morgan fingerprint density at radius 1 is 1.33 bits per heavy atom. The van der Waals surface area contributed by atoms with Crippen LogP contribution in [-0.4, -0.2) is 15.2 Å². The van der Waals surface area contributed by atoms with Gasteiger partial charge in [0, 0.05) is 6.92 Å². The average Bonchev–Trinajstić information content (AvgIpc) is 2.48. The molecule has 0 unspecified atom stereocenters. The standard InChI is InChI=1S/C6H5N3O.C2H6/c1-4-8-5-2-3-7-9-6(5)10-4;1-2/h2-3H,1H3;1-2H3. The Hall–Kier alpha value is -1.45. The van der Waals surface area contributed by atoms with Gasteiger partial charge in [0.1, 0.15) is 5.52 Å². The zero-order valence-corrected chi connectivity index (χ0v) is 7.40. The van der Waals surface area contributed by atoms with Gasteiger partial charge >= 0.3 is 0 Å². The SMILES string of the molecule is CC.Cc1nc2ccnnc2o1. The fourth-order valence-corrected chi connectivity index (χ4v) is 0.802. The van der Waals surface area contributed by atoms with E-state index in [1.165, 1.54) is 0 Å². The number of oxazole rings is 1. The third-order valence-corrected chi connectivity index (χ3v) is 1.19. The lowest BCUT2D eigenvalue weighted by molar-refractivity contribution is 0.547. The van der Waals surface area contributed by atoms with E-state index in [4.69, 9.17) is 4.42 Å². The summed E-state index contributed by atoms with van der Waals surface area (Å²) in [7, 11) is 0. The minimum absolute atomic E-state index is 0.500. The second kappa shape index (κ2) is 3.80. The molecule has 2 aromatic heterocycles. The lowest BCUT2D eigenvalue weighted by Crippen LogP contribution is -1.76. The minimum Gasteiger partial charge on any atom is -0.421 e. The first kappa shape index (κ1) is 8.64. The van der Waals surface area contributed by atoms with E-state index in [0.717, 1.165) is 5.52 Å². The lowest BCUT2D eigenvalue weighted by atomic mass is 10.5. The predicted octanol–water partition coefficient (Wildman–Crippen LogP) is 1.95. The molecule has 0 radical (unpaired) electrons. The maximum atomic E-state index is 5.08. The van der Waals surface area contributed by atoms with Gasteiger partial charge in [-0.1, -0.05) is 13.8 Å². The topological polar surface area (TPSA) is 51.8 Å². The van der Waals surface area contributed by atoms with Gasteiger partial charge in [0.15, 0.2) is 5.89 Å². The van der Waals surface area contributed by atoms with Crippen LogP contribution in [0, 0.1) is 6.92 Å². The van der Waals surface area contributed by atoms with Crippen LogP contribution in [0.5, 0.6) is 0 Å². The highest BCUT2D eigenvalue weighted by molar-refractivity contribution is 5.66. The van der Waals surface area contributed by atoms with Crippen LogP contribution in [0.4, 0.5) is 0 Å². The molecular weight excluding hydrogens is 154 g/mol. The van der Waals surface area contributed by atoms with Crippen molar-refractivity contribution in [3.05, 3.63) is 18.2 Å². The molecule has 0 N–H and O–H groups in total. The van der Waals surface area contributed by atoms with Gasteiger partial charge in [-0.05, 0) is 6.07 Å². The van der Waals surface area contributed by atoms with Gasteiger partial charge < -0.3 is 4.42 Å². The number of hydrogen-bond donors (Lipinski definition) is 0. The van der Waals surface area contributed by atoms with Gasteiger partial charge in [0.05, 0.1) is 6.20 Å². The van der Waals surface area contributed by atoms with Gasteiger partial charge in [-0.3, -0.25) is 0 Å². The molecule has 2 aromatic rings. The quantitative estimate of drug-likeness (QED) is 0.598. The first-order valence-electron chi connectivity index (χ1n) is 3.91. The van der Waals surface area contributed by atoms with Gasteiger partial charge in [-0.25, -0.2) is 4.98 Å². The van der Waals surface area contributed by atoms with E-state index >= 15 is 0 Å². The number of rotatable bonds is 0. The van der Waals surface area contributed by atoms with Gasteiger partial charge in [-0.15, -0.1) is 5.10 Å². The Morgan fingerprint density at radius 2 is 2.08 bits per heavy atom. The highest BCUT2D eigenvalue weighted by atomic mass is 16.4. The maximum Gasteiger partial charge on any atom is 0.266 e. The van der Waals surface area contributed by atoms with Crippen molar-refractivity contribution in [3.63, 3.8) is 0 Å². The van der Waals surface area contributed by atoms with E-state index in [0.29, 0.717) is 11.6 Å². The largest absolute Gasteiger partial charge is 0.421 e. The zero-order chi connectivity index (χ0) is 8.97. The fourth-order valence-electron chi connectivity index (χ4n) is 0.802. The van der Waals surface area contributed by atoms with Crippen molar-refractivity contribution in [3.8, 4) is 0 Å². The molecule has 0 saturated heterocycles. The van der Waals surface area contributed by atoms with Crippen molar-refractivity contribution in [1.82, 2.24) is 15.2 Å². The molecule has 0 fully saturated rings. The predicted molar refractivity (Wildman–Crippen MR) is 45.7 cm³/mol. The molecule has 0 aliphatic heterocycles. The Morgan fingerprint density at radius 3 is 2.75 bits per heavy atom. The minimum atomic E-state index is 0.500. The van der Waals surface area contributed by atoms with E-state index < -0.39 is 0 Å². The summed E-state index contributed by atoms with van der Waals surface area (Å²) in [5, 5.41) is 7.37. The Bertz CT molecular complexity index is 323. The molecule has 4 heteroatoms. The van der Waals surface area contributed by atoms with Crippen LogP contribution in [0.2, 0.25) is 0 Å². The molecule has 0 spiro atoms. The van der Waals surface area contributed by atoms with Crippen LogP contribution in [0.25, 0.3) is 11.2 Å². The third-order valence-electron chi connectivity index (χ3n) is 1.19. The summed E-state index contributed by atoms with van der Waals surface area (Å²) in [6.45, 7) is 5.78. The molecule has 2 heterocycles. The molecular formula is C8H11N3O. The molecule has 4 nitrogen and oxygen atoms in total. The van der Waals surface area contributed by atoms with Gasteiger partial charge in [0.25, 0.3) is 5.71 Å². The number of hydrogen-bond acceptors (Lipinski definition) is 4. The monoisotopic (exact) mass is 165 g/mol. The van der Waals surface area contributed by atoms with E-state index in [1.807, 2.05) is 13.8 Å². The molecule has 0 saturated carbocycles. The summed E-state index contributed by atoms with van der Waals surface area (Å²) in [6, 6.07) is 1.76. The highest BCUT2D eigenvalue weighted by Crippen LogP contribution is 2.08. The van der Waals surface area contributed by atoms with Crippen molar-refractivity contribution in [2.24, 2.45) is 0 Å². The smallest absolute Gasteiger partial charge is 0.266 e. The van der Waals surface area contributed by atoms with Crippen molar-refractivity contribution in [2.45, 2.75) is 20.8 Å². The maximum absolute atomic E-state index is 5.08. The summed E-state index contributed by atoms with van der Waals surface area (Å²) in [4.78, 5) is 4.04. The first-order valence-corrected chi connectivity index (χ1v) is 3.91. The Balaban J connectivity index is 0.000000336. The molecule has 0 bridgehead atoms. The van der Waals surface area contributed by atoms with Crippen molar-refractivity contribution >= 4 is 11.2 Å². The second-order valence-electron chi connectivity index (χ2n) is 1.95. The zero-order valence-electron chi connectivity index (χ0n) is 7.40. The van der Waals surface area contributed by atoms with Gasteiger partial charge in [0.2, 0.25) is 0 Å². The van der Waals surface area contributed by atoms with Crippen LogP contribution >= 0.6 is 0 Å². The highest BCUT2D eigenvalue weighted by Gasteiger charge is 1.99.